The lowest BCUT2D eigenvalue weighted by atomic mass is 9.79. The van der Waals surface area contributed by atoms with E-state index in [0.29, 0.717) is 10.6 Å². The van der Waals surface area contributed by atoms with Crippen molar-refractivity contribution in [1.29, 1.82) is 0 Å². The van der Waals surface area contributed by atoms with Crippen LogP contribution in [-0.2, 0) is 5.54 Å². The van der Waals surface area contributed by atoms with Gasteiger partial charge in [0.15, 0.2) is 0 Å². The Morgan fingerprint density at radius 1 is 1.50 bits per heavy atom. The molecule has 1 amide bonds. The monoisotopic (exact) mass is 296 g/mol. The summed E-state index contributed by atoms with van der Waals surface area (Å²) in [5, 5.41) is 23.5. The highest BCUT2D eigenvalue weighted by atomic mass is 35.5. The Bertz CT molecular complexity index is 558. The molecular weight excluding hydrogens is 284 g/mol. The van der Waals surface area contributed by atoms with Crippen molar-refractivity contribution in [3.05, 3.63) is 45.3 Å². The van der Waals surface area contributed by atoms with E-state index in [1.807, 2.05) is 0 Å². The van der Waals surface area contributed by atoms with Crippen LogP contribution < -0.4 is 0 Å². The molecule has 8 heteroatoms. The van der Waals surface area contributed by atoms with Crippen LogP contribution in [0.3, 0.4) is 0 Å². The molecule has 0 spiro atoms. The Labute approximate surface area is 120 Å². The molecule has 0 radical (unpaired) electrons. The lowest BCUT2D eigenvalue weighted by Crippen LogP contribution is -2.53. The SMILES string of the molecule is [N-]=[N+]=NC1(c2ccc(Cl)cc2)CCN(C(=O)O)CC1O. The molecule has 0 aliphatic carbocycles. The Morgan fingerprint density at radius 2 is 2.15 bits per heavy atom. The van der Waals surface area contributed by atoms with Crippen molar-refractivity contribution in [3.8, 4) is 0 Å². The van der Waals surface area contributed by atoms with Crippen molar-refractivity contribution in [1.82, 2.24) is 4.90 Å². The van der Waals surface area contributed by atoms with Crippen LogP contribution in [0.4, 0.5) is 4.79 Å². The quantitative estimate of drug-likeness (QED) is 0.497. The number of halogens is 1. The number of nitrogens with zero attached hydrogens (tertiary/aromatic N) is 4. The lowest BCUT2D eigenvalue weighted by Gasteiger charge is -2.42. The molecule has 7 nitrogen and oxygen atoms in total. The number of hydrogen-bond acceptors (Lipinski definition) is 3. The number of aliphatic hydroxyl groups excluding tert-OH is 1. The maximum atomic E-state index is 10.9. The van der Waals surface area contributed by atoms with E-state index in [0.717, 1.165) is 4.90 Å². The lowest BCUT2D eigenvalue weighted by molar-refractivity contribution is 0.00636. The number of hydrogen-bond donors (Lipinski definition) is 2. The van der Waals surface area contributed by atoms with Crippen LogP contribution in [0.2, 0.25) is 5.02 Å². The van der Waals surface area contributed by atoms with E-state index < -0.39 is 17.7 Å². The molecule has 1 saturated heterocycles. The standard InChI is InChI=1S/C12H13ClN4O3/c13-9-3-1-8(2-4-9)12(15-16-14)5-6-17(11(19)20)7-10(12)18/h1-4,10,18H,5-7H2,(H,19,20). The summed E-state index contributed by atoms with van der Waals surface area (Å²) in [6.07, 6.45) is -1.99. The second kappa shape index (κ2) is 5.58. The van der Waals surface area contributed by atoms with E-state index in [9.17, 15) is 9.90 Å². The summed E-state index contributed by atoms with van der Waals surface area (Å²) in [4.78, 5) is 14.9. The summed E-state index contributed by atoms with van der Waals surface area (Å²) in [6, 6.07) is 6.64. The molecule has 20 heavy (non-hydrogen) atoms. The Morgan fingerprint density at radius 3 is 2.65 bits per heavy atom. The van der Waals surface area contributed by atoms with Crippen LogP contribution in [0, 0.1) is 0 Å². The highest BCUT2D eigenvalue weighted by Gasteiger charge is 2.44. The first kappa shape index (κ1) is 14.5. The molecular formula is C12H13ClN4O3. The van der Waals surface area contributed by atoms with Gasteiger partial charge in [-0.05, 0) is 29.6 Å². The molecule has 106 valence electrons. The first-order valence-electron chi connectivity index (χ1n) is 5.98. The number of amides is 1. The minimum absolute atomic E-state index is 0.100. The van der Waals surface area contributed by atoms with Gasteiger partial charge in [-0.15, -0.1) is 0 Å². The van der Waals surface area contributed by atoms with Crippen LogP contribution in [0.25, 0.3) is 10.4 Å². The Kier molecular flexibility index (Phi) is 4.04. The third-order valence-corrected chi connectivity index (χ3v) is 3.80. The summed E-state index contributed by atoms with van der Waals surface area (Å²) >= 11 is 5.82. The number of aliphatic hydroxyl groups is 1. The predicted octanol–water partition coefficient (Wildman–Crippen LogP) is 2.59. The molecule has 1 aromatic rings. The summed E-state index contributed by atoms with van der Waals surface area (Å²) in [6.45, 7) is 0.0883. The van der Waals surface area contributed by atoms with Gasteiger partial charge in [0.25, 0.3) is 0 Å². The van der Waals surface area contributed by atoms with E-state index in [1.165, 1.54) is 0 Å². The van der Waals surface area contributed by atoms with E-state index in [-0.39, 0.29) is 19.5 Å². The van der Waals surface area contributed by atoms with Crippen molar-refractivity contribution in [2.24, 2.45) is 5.11 Å². The van der Waals surface area contributed by atoms with Crippen LogP contribution in [0.15, 0.2) is 29.4 Å². The number of likely N-dealkylation sites (tertiary alicyclic amines) is 1. The third kappa shape index (κ3) is 2.51. The predicted molar refractivity (Wildman–Crippen MR) is 72.5 cm³/mol. The normalized spacial score (nSPS) is 25.9. The number of carboxylic acid groups (broad SMARTS) is 1. The molecule has 1 aliphatic heterocycles. The average Bonchev–Trinajstić information content (AvgIpc) is 2.42. The zero-order valence-electron chi connectivity index (χ0n) is 10.5. The van der Waals surface area contributed by atoms with Gasteiger partial charge in [-0.25, -0.2) is 4.79 Å². The number of benzene rings is 1. The number of β-amino-alcohol motifs (C(OH)–C–C–N with tert-alkyl or cyclic N) is 1. The van der Waals surface area contributed by atoms with Gasteiger partial charge in [0.1, 0.15) is 5.54 Å². The molecule has 1 fully saturated rings. The minimum Gasteiger partial charge on any atom is -0.465 e. The Balaban J connectivity index is 2.38. The second-order valence-corrected chi connectivity index (χ2v) is 5.05. The fourth-order valence-electron chi connectivity index (χ4n) is 2.43. The first-order valence-corrected chi connectivity index (χ1v) is 6.35. The van der Waals surface area contributed by atoms with Crippen molar-refractivity contribution in [2.45, 2.75) is 18.1 Å². The highest BCUT2D eigenvalue weighted by Crippen LogP contribution is 2.38. The fraction of sp³-hybridized carbons (Fsp3) is 0.417. The van der Waals surface area contributed by atoms with Gasteiger partial charge in [0.05, 0.1) is 12.6 Å². The topological polar surface area (TPSA) is 110 Å². The molecule has 0 aromatic heterocycles. The molecule has 1 aromatic carbocycles. The van der Waals surface area contributed by atoms with E-state index in [2.05, 4.69) is 10.0 Å². The van der Waals surface area contributed by atoms with Crippen molar-refractivity contribution >= 4 is 17.7 Å². The third-order valence-electron chi connectivity index (χ3n) is 3.55. The van der Waals surface area contributed by atoms with Crippen LogP contribution >= 0.6 is 11.6 Å². The molecule has 2 unspecified atom stereocenters. The van der Waals surface area contributed by atoms with Gasteiger partial charge in [0.2, 0.25) is 0 Å². The minimum atomic E-state index is -1.16. The maximum absolute atomic E-state index is 10.9. The van der Waals surface area contributed by atoms with Gasteiger partial charge in [0, 0.05) is 16.5 Å². The van der Waals surface area contributed by atoms with Crippen LogP contribution in [0.5, 0.6) is 0 Å². The van der Waals surface area contributed by atoms with E-state index >= 15 is 0 Å². The number of piperidine rings is 1. The van der Waals surface area contributed by atoms with Gasteiger partial charge < -0.3 is 15.1 Å². The molecule has 2 atom stereocenters. The molecule has 2 N–H and O–H groups in total. The zero-order chi connectivity index (χ0) is 14.8. The number of carbonyl (C=O) groups is 1. The van der Waals surface area contributed by atoms with Crippen LogP contribution in [-0.4, -0.2) is 40.4 Å². The highest BCUT2D eigenvalue weighted by molar-refractivity contribution is 6.30. The molecule has 0 saturated carbocycles. The van der Waals surface area contributed by atoms with Gasteiger partial charge in [-0.3, -0.25) is 0 Å². The van der Waals surface area contributed by atoms with Gasteiger partial charge in [-0.1, -0.05) is 28.8 Å². The zero-order valence-corrected chi connectivity index (χ0v) is 11.2. The van der Waals surface area contributed by atoms with Crippen molar-refractivity contribution < 1.29 is 15.0 Å². The van der Waals surface area contributed by atoms with E-state index in [4.69, 9.17) is 22.2 Å². The number of rotatable bonds is 2. The summed E-state index contributed by atoms with van der Waals surface area (Å²) in [5.74, 6) is 0. The van der Waals surface area contributed by atoms with Crippen molar-refractivity contribution in [3.63, 3.8) is 0 Å². The van der Waals surface area contributed by atoms with Gasteiger partial charge in [-0.2, -0.15) is 0 Å². The first-order chi connectivity index (χ1) is 9.49. The summed E-state index contributed by atoms with van der Waals surface area (Å²) in [7, 11) is 0. The van der Waals surface area contributed by atoms with E-state index in [1.54, 1.807) is 24.3 Å². The Hall–Kier alpha value is -1.95. The molecule has 1 heterocycles. The molecule has 1 aliphatic rings. The number of azide groups is 1. The summed E-state index contributed by atoms with van der Waals surface area (Å²) in [5.41, 5.74) is 8.24. The smallest absolute Gasteiger partial charge is 0.407 e. The average molecular weight is 297 g/mol. The van der Waals surface area contributed by atoms with Crippen LogP contribution in [0.1, 0.15) is 12.0 Å². The maximum Gasteiger partial charge on any atom is 0.407 e. The largest absolute Gasteiger partial charge is 0.465 e. The second-order valence-electron chi connectivity index (χ2n) is 4.61. The van der Waals surface area contributed by atoms with Gasteiger partial charge >= 0.3 is 6.09 Å². The molecule has 2 rings (SSSR count). The molecule has 0 bridgehead atoms. The van der Waals surface area contributed by atoms with Crippen molar-refractivity contribution in [2.75, 3.05) is 13.1 Å². The fourth-order valence-corrected chi connectivity index (χ4v) is 2.55. The summed E-state index contributed by atoms with van der Waals surface area (Å²) < 4.78 is 0.